The van der Waals surface area contributed by atoms with E-state index in [1.807, 2.05) is 0 Å². The molecule has 1 saturated heterocycles. The number of carbonyl (C=O) groups is 1. The Hall–Kier alpha value is -2.36. The fourth-order valence-electron chi connectivity index (χ4n) is 2.96. The second-order valence-electron chi connectivity index (χ2n) is 5.95. The lowest BCUT2D eigenvalue weighted by Gasteiger charge is -2.32. The molecule has 1 N–H and O–H groups in total. The number of esters is 1. The number of hydrogen-bond acceptors (Lipinski definition) is 7. The molecule has 0 bridgehead atoms. The number of fused-ring (bicyclic) bond motifs is 1. The lowest BCUT2D eigenvalue weighted by atomic mass is 10.1. The Balaban J connectivity index is 1.67. The van der Waals surface area contributed by atoms with Gasteiger partial charge in [-0.25, -0.2) is 23.4 Å². The van der Waals surface area contributed by atoms with E-state index in [4.69, 9.17) is 0 Å². The number of anilines is 1. The molecule has 3 heterocycles. The van der Waals surface area contributed by atoms with Gasteiger partial charge in [0.15, 0.2) is 5.65 Å². The molecule has 0 aromatic carbocycles. The molecule has 2 aromatic rings. The Morgan fingerprint density at radius 2 is 2.16 bits per heavy atom. The number of nitrogens with one attached hydrogen (secondary N) is 1. The van der Waals surface area contributed by atoms with Crippen molar-refractivity contribution in [1.29, 1.82) is 0 Å². The van der Waals surface area contributed by atoms with Crippen molar-refractivity contribution < 1.29 is 18.3 Å². The van der Waals surface area contributed by atoms with Gasteiger partial charge in [-0.2, -0.15) is 5.10 Å². The summed E-state index contributed by atoms with van der Waals surface area (Å²) >= 11 is 0. The Bertz CT molecular complexity index is 730. The zero-order valence-corrected chi connectivity index (χ0v) is 13.9. The van der Waals surface area contributed by atoms with E-state index in [9.17, 15) is 13.6 Å². The van der Waals surface area contributed by atoms with Crippen molar-refractivity contribution in [2.24, 2.45) is 0 Å². The second kappa shape index (κ2) is 7.68. The van der Waals surface area contributed by atoms with Crippen molar-refractivity contribution in [3.63, 3.8) is 0 Å². The number of aromatic nitrogens is 4. The first kappa shape index (κ1) is 17.5. The number of nitrogens with zero attached hydrogens (tertiary/aromatic N) is 5. The van der Waals surface area contributed by atoms with E-state index in [0.717, 1.165) is 12.8 Å². The SMILES string of the molecule is COC(=O)Cn1ncc2c(NC3CCN(CC(F)F)CC3)ncnc21. The monoisotopic (exact) mass is 354 g/mol. The highest BCUT2D eigenvalue weighted by molar-refractivity contribution is 5.87. The van der Waals surface area contributed by atoms with Crippen molar-refractivity contribution in [3.05, 3.63) is 12.5 Å². The van der Waals surface area contributed by atoms with Gasteiger partial charge in [-0.1, -0.05) is 0 Å². The Kier molecular flexibility index (Phi) is 5.37. The van der Waals surface area contributed by atoms with Gasteiger partial charge < -0.3 is 10.1 Å². The number of rotatable bonds is 6. The molecular weight excluding hydrogens is 334 g/mol. The number of piperidine rings is 1. The van der Waals surface area contributed by atoms with E-state index in [0.29, 0.717) is 29.9 Å². The molecule has 0 aliphatic carbocycles. The molecule has 1 fully saturated rings. The van der Waals surface area contributed by atoms with Crippen molar-refractivity contribution in [2.75, 3.05) is 32.1 Å². The van der Waals surface area contributed by atoms with E-state index in [-0.39, 0.29) is 19.1 Å². The standard InChI is InChI=1S/C15H20F2N6O2/c1-25-13(24)8-23-15-11(6-20-23)14(18-9-19-15)21-10-2-4-22(5-3-10)7-12(16)17/h6,9-10,12H,2-5,7-8H2,1H3,(H,18,19,21). The lowest BCUT2D eigenvalue weighted by Crippen LogP contribution is -2.41. The highest BCUT2D eigenvalue weighted by Crippen LogP contribution is 2.22. The zero-order chi connectivity index (χ0) is 17.8. The normalized spacial score (nSPS) is 16.5. The Morgan fingerprint density at radius 1 is 1.40 bits per heavy atom. The molecule has 3 rings (SSSR count). The van der Waals surface area contributed by atoms with Gasteiger partial charge in [0.25, 0.3) is 6.43 Å². The molecule has 0 amide bonds. The molecule has 1 aliphatic rings. The minimum absolute atomic E-state index is 0.0253. The summed E-state index contributed by atoms with van der Waals surface area (Å²) in [5, 5.41) is 8.22. The summed E-state index contributed by atoms with van der Waals surface area (Å²) in [6.07, 6.45) is 2.23. The molecule has 10 heteroatoms. The fourth-order valence-corrected chi connectivity index (χ4v) is 2.96. The minimum Gasteiger partial charge on any atom is -0.468 e. The summed E-state index contributed by atoms with van der Waals surface area (Å²) in [5.41, 5.74) is 0.540. The maximum Gasteiger partial charge on any atom is 0.327 e. The molecule has 0 spiro atoms. The van der Waals surface area contributed by atoms with Crippen LogP contribution < -0.4 is 5.32 Å². The van der Waals surface area contributed by atoms with Crippen molar-refractivity contribution in [3.8, 4) is 0 Å². The topological polar surface area (TPSA) is 85.2 Å². The van der Waals surface area contributed by atoms with Crippen LogP contribution in [0.5, 0.6) is 0 Å². The maximum absolute atomic E-state index is 12.4. The molecule has 2 aromatic heterocycles. The predicted molar refractivity (Wildman–Crippen MR) is 86.4 cm³/mol. The third-order valence-electron chi connectivity index (χ3n) is 4.26. The van der Waals surface area contributed by atoms with E-state index >= 15 is 0 Å². The van der Waals surface area contributed by atoms with Crippen LogP contribution in [0, 0.1) is 0 Å². The van der Waals surface area contributed by atoms with Gasteiger partial charge in [0, 0.05) is 19.1 Å². The smallest absolute Gasteiger partial charge is 0.327 e. The molecule has 8 nitrogen and oxygen atoms in total. The van der Waals surface area contributed by atoms with Gasteiger partial charge in [-0.3, -0.25) is 9.69 Å². The predicted octanol–water partition coefficient (Wildman–Crippen LogP) is 1.14. The van der Waals surface area contributed by atoms with Gasteiger partial charge >= 0.3 is 5.97 Å². The molecule has 25 heavy (non-hydrogen) atoms. The summed E-state index contributed by atoms with van der Waals surface area (Å²) in [4.78, 5) is 21.6. The average Bonchev–Trinajstić information content (AvgIpc) is 3.00. The van der Waals surface area contributed by atoms with Crippen LogP contribution in [0.4, 0.5) is 14.6 Å². The zero-order valence-electron chi connectivity index (χ0n) is 13.9. The Morgan fingerprint density at radius 3 is 2.84 bits per heavy atom. The van der Waals surface area contributed by atoms with Gasteiger partial charge in [0.1, 0.15) is 18.7 Å². The summed E-state index contributed by atoms with van der Waals surface area (Å²) in [6.45, 7) is 1.04. The minimum atomic E-state index is -2.30. The lowest BCUT2D eigenvalue weighted by molar-refractivity contribution is -0.141. The number of hydrogen-bond donors (Lipinski definition) is 1. The Labute approximate surface area is 143 Å². The molecule has 0 unspecified atom stereocenters. The number of methoxy groups -OCH3 is 1. The van der Waals surface area contributed by atoms with Crippen LogP contribution in [0.1, 0.15) is 12.8 Å². The first-order chi connectivity index (χ1) is 12.1. The number of alkyl halides is 2. The van der Waals surface area contributed by atoms with Gasteiger partial charge in [0.05, 0.1) is 25.2 Å². The fraction of sp³-hybridized carbons (Fsp3) is 0.600. The number of halogens is 2. The summed E-state index contributed by atoms with van der Waals surface area (Å²) in [6, 6.07) is 0.149. The third-order valence-corrected chi connectivity index (χ3v) is 4.26. The summed E-state index contributed by atoms with van der Waals surface area (Å²) < 4.78 is 31.0. The van der Waals surface area contributed by atoms with Crippen molar-refractivity contribution >= 4 is 22.8 Å². The maximum atomic E-state index is 12.4. The van der Waals surface area contributed by atoms with E-state index in [2.05, 4.69) is 25.1 Å². The van der Waals surface area contributed by atoms with Crippen LogP contribution in [0.2, 0.25) is 0 Å². The van der Waals surface area contributed by atoms with Gasteiger partial charge in [-0.15, -0.1) is 0 Å². The largest absolute Gasteiger partial charge is 0.468 e. The van der Waals surface area contributed by atoms with E-state index in [1.165, 1.54) is 18.1 Å². The van der Waals surface area contributed by atoms with Crippen molar-refractivity contribution in [2.45, 2.75) is 31.9 Å². The highest BCUT2D eigenvalue weighted by atomic mass is 19.3. The quantitative estimate of drug-likeness (QED) is 0.779. The van der Waals surface area contributed by atoms with E-state index in [1.54, 1.807) is 11.1 Å². The highest BCUT2D eigenvalue weighted by Gasteiger charge is 2.22. The van der Waals surface area contributed by atoms with Crippen LogP contribution in [-0.4, -0.2) is 69.8 Å². The molecular formula is C15H20F2N6O2. The number of carbonyl (C=O) groups excluding carboxylic acids is 1. The van der Waals surface area contributed by atoms with Crippen LogP contribution in [-0.2, 0) is 16.1 Å². The van der Waals surface area contributed by atoms with Gasteiger partial charge in [-0.05, 0) is 12.8 Å². The van der Waals surface area contributed by atoms with E-state index < -0.39 is 12.4 Å². The van der Waals surface area contributed by atoms with Gasteiger partial charge in [0.2, 0.25) is 0 Å². The second-order valence-corrected chi connectivity index (χ2v) is 5.95. The number of ether oxygens (including phenoxy) is 1. The average molecular weight is 354 g/mol. The molecule has 0 atom stereocenters. The molecule has 136 valence electrons. The summed E-state index contributed by atoms with van der Waals surface area (Å²) in [5.74, 6) is 0.220. The van der Waals surface area contributed by atoms with Crippen LogP contribution in [0.15, 0.2) is 12.5 Å². The summed E-state index contributed by atoms with van der Waals surface area (Å²) in [7, 11) is 1.32. The van der Waals surface area contributed by atoms with Crippen LogP contribution in [0.3, 0.4) is 0 Å². The van der Waals surface area contributed by atoms with Crippen molar-refractivity contribution in [1.82, 2.24) is 24.6 Å². The van der Waals surface area contributed by atoms with Crippen LogP contribution in [0.25, 0.3) is 11.0 Å². The molecule has 0 saturated carbocycles. The number of likely N-dealkylation sites (tertiary alicyclic amines) is 1. The van der Waals surface area contributed by atoms with Crippen LogP contribution >= 0.6 is 0 Å². The third kappa shape index (κ3) is 4.19. The molecule has 1 aliphatic heterocycles. The first-order valence-electron chi connectivity index (χ1n) is 8.07. The molecule has 0 radical (unpaired) electrons. The first-order valence-corrected chi connectivity index (χ1v) is 8.07.